The summed E-state index contributed by atoms with van der Waals surface area (Å²) in [5.41, 5.74) is 1.96. The summed E-state index contributed by atoms with van der Waals surface area (Å²) in [5.74, 6) is 1.50. The highest BCUT2D eigenvalue weighted by molar-refractivity contribution is 5.93. The second-order valence-electron chi connectivity index (χ2n) is 7.64. The molecule has 5 nitrogen and oxygen atoms in total. The van der Waals surface area contributed by atoms with Crippen molar-refractivity contribution >= 4 is 5.91 Å². The third kappa shape index (κ3) is 5.36. The Kier molecular flexibility index (Phi) is 6.56. The molecule has 0 bridgehead atoms. The van der Waals surface area contributed by atoms with E-state index in [1.54, 1.807) is 12.3 Å². The van der Waals surface area contributed by atoms with Gasteiger partial charge in [-0.2, -0.15) is 0 Å². The van der Waals surface area contributed by atoms with E-state index in [2.05, 4.69) is 38.2 Å². The second kappa shape index (κ2) is 9.09. The lowest BCUT2D eigenvalue weighted by Crippen LogP contribution is -2.46. The van der Waals surface area contributed by atoms with Gasteiger partial charge in [-0.25, -0.2) is 0 Å². The Hall–Kier alpha value is -2.27. The molecule has 1 saturated heterocycles. The first-order valence-electron chi connectivity index (χ1n) is 9.84. The Balaban J connectivity index is 1.38. The van der Waals surface area contributed by atoms with Crippen LogP contribution in [-0.4, -0.2) is 42.6 Å². The number of piperidine rings is 1. The fourth-order valence-electron chi connectivity index (χ4n) is 3.39. The summed E-state index contributed by atoms with van der Waals surface area (Å²) < 4.78 is 11.0. The van der Waals surface area contributed by atoms with Gasteiger partial charge in [0.1, 0.15) is 18.1 Å². The molecule has 0 saturated carbocycles. The van der Waals surface area contributed by atoms with E-state index in [4.69, 9.17) is 9.15 Å². The van der Waals surface area contributed by atoms with E-state index >= 15 is 0 Å². The van der Waals surface area contributed by atoms with Crippen LogP contribution in [0.25, 0.3) is 0 Å². The van der Waals surface area contributed by atoms with Crippen molar-refractivity contribution in [2.24, 2.45) is 0 Å². The molecular formula is C22H30N2O3. The van der Waals surface area contributed by atoms with Gasteiger partial charge in [-0.15, -0.1) is 0 Å². The molecule has 1 aliphatic rings. The molecule has 1 unspecified atom stereocenters. The zero-order valence-corrected chi connectivity index (χ0v) is 16.5. The Bertz CT molecular complexity index is 702. The molecule has 1 amide bonds. The van der Waals surface area contributed by atoms with Gasteiger partial charge in [0.25, 0.3) is 5.91 Å². The maximum absolute atomic E-state index is 12.3. The van der Waals surface area contributed by atoms with E-state index in [0.717, 1.165) is 38.2 Å². The van der Waals surface area contributed by atoms with Gasteiger partial charge < -0.3 is 19.4 Å². The first-order chi connectivity index (χ1) is 13.0. The Morgan fingerprint density at radius 3 is 2.48 bits per heavy atom. The van der Waals surface area contributed by atoms with Crippen LogP contribution in [-0.2, 0) is 0 Å². The molecule has 27 heavy (non-hydrogen) atoms. The summed E-state index contributed by atoms with van der Waals surface area (Å²) in [6, 6.07) is 10.5. The molecule has 1 N–H and O–H groups in total. The normalized spacial score (nSPS) is 16.5. The standard InChI is InChI=1S/C22H30N2O3/c1-16(2)18-4-6-21(7-5-18)27-17(3)14-23-20-8-11-24(12-9-20)22(25)19-10-13-26-15-19/h4-7,10,13,15-17,20,23H,8-9,11-12,14H2,1-3H3. The van der Waals surface area contributed by atoms with Crippen LogP contribution < -0.4 is 10.1 Å². The predicted molar refractivity (Wildman–Crippen MR) is 106 cm³/mol. The van der Waals surface area contributed by atoms with Gasteiger partial charge in [-0.3, -0.25) is 4.79 Å². The van der Waals surface area contributed by atoms with Crippen molar-refractivity contribution in [3.63, 3.8) is 0 Å². The molecule has 1 aromatic carbocycles. The van der Waals surface area contributed by atoms with Crippen LogP contribution in [0.2, 0.25) is 0 Å². The molecule has 5 heteroatoms. The molecule has 0 radical (unpaired) electrons. The van der Waals surface area contributed by atoms with Crippen molar-refractivity contribution < 1.29 is 13.9 Å². The van der Waals surface area contributed by atoms with Crippen molar-refractivity contribution in [2.45, 2.75) is 51.7 Å². The molecule has 1 atom stereocenters. The Morgan fingerprint density at radius 1 is 1.19 bits per heavy atom. The van der Waals surface area contributed by atoms with Gasteiger partial charge in [-0.1, -0.05) is 26.0 Å². The second-order valence-corrected chi connectivity index (χ2v) is 7.64. The zero-order chi connectivity index (χ0) is 19.2. The largest absolute Gasteiger partial charge is 0.489 e. The van der Waals surface area contributed by atoms with E-state index in [0.29, 0.717) is 17.5 Å². The van der Waals surface area contributed by atoms with Gasteiger partial charge in [0.15, 0.2) is 0 Å². The Labute approximate surface area is 161 Å². The molecular weight excluding hydrogens is 340 g/mol. The highest BCUT2D eigenvalue weighted by Gasteiger charge is 2.24. The van der Waals surface area contributed by atoms with Crippen LogP contribution in [0.4, 0.5) is 0 Å². The van der Waals surface area contributed by atoms with Crippen LogP contribution in [0.5, 0.6) is 5.75 Å². The molecule has 1 aliphatic heterocycles. The summed E-state index contributed by atoms with van der Waals surface area (Å²) in [7, 11) is 0. The third-order valence-corrected chi connectivity index (χ3v) is 5.13. The smallest absolute Gasteiger partial charge is 0.257 e. The summed E-state index contributed by atoms with van der Waals surface area (Å²) in [6.07, 6.45) is 5.07. The van der Waals surface area contributed by atoms with Crippen LogP contribution in [0.1, 0.15) is 55.5 Å². The van der Waals surface area contributed by atoms with Gasteiger partial charge in [0.2, 0.25) is 0 Å². The monoisotopic (exact) mass is 370 g/mol. The van der Waals surface area contributed by atoms with E-state index in [-0.39, 0.29) is 12.0 Å². The number of benzene rings is 1. The molecule has 146 valence electrons. The number of hydrogen-bond acceptors (Lipinski definition) is 4. The predicted octanol–water partition coefficient (Wildman–Crippen LogP) is 4.06. The molecule has 3 rings (SSSR count). The van der Waals surface area contributed by atoms with E-state index < -0.39 is 0 Å². The van der Waals surface area contributed by atoms with E-state index in [9.17, 15) is 4.79 Å². The third-order valence-electron chi connectivity index (χ3n) is 5.13. The number of furan rings is 1. The highest BCUT2D eigenvalue weighted by atomic mass is 16.5. The summed E-state index contributed by atoms with van der Waals surface area (Å²) in [4.78, 5) is 14.2. The molecule has 2 aromatic rings. The fraction of sp³-hybridized carbons (Fsp3) is 0.500. The average molecular weight is 370 g/mol. The van der Waals surface area contributed by atoms with Crippen LogP contribution in [0, 0.1) is 0 Å². The van der Waals surface area contributed by atoms with Crippen LogP contribution >= 0.6 is 0 Å². The number of carbonyl (C=O) groups excluding carboxylic acids is 1. The number of rotatable bonds is 7. The number of amides is 1. The SMILES string of the molecule is CC(CNC1CCN(C(=O)c2ccoc2)CC1)Oc1ccc(C(C)C)cc1. The fourth-order valence-corrected chi connectivity index (χ4v) is 3.39. The molecule has 0 aliphatic carbocycles. The average Bonchev–Trinajstić information content (AvgIpc) is 3.21. The van der Waals surface area contributed by atoms with E-state index in [1.165, 1.54) is 11.8 Å². The maximum atomic E-state index is 12.3. The molecule has 2 heterocycles. The topological polar surface area (TPSA) is 54.7 Å². The highest BCUT2D eigenvalue weighted by Crippen LogP contribution is 2.19. The van der Waals surface area contributed by atoms with Crippen molar-refractivity contribution in [2.75, 3.05) is 19.6 Å². The summed E-state index contributed by atoms with van der Waals surface area (Å²) in [5, 5.41) is 3.58. The maximum Gasteiger partial charge on any atom is 0.257 e. The first kappa shape index (κ1) is 19.5. The van der Waals surface area contributed by atoms with Gasteiger partial charge >= 0.3 is 0 Å². The van der Waals surface area contributed by atoms with Gasteiger partial charge in [0, 0.05) is 25.7 Å². The van der Waals surface area contributed by atoms with Crippen molar-refractivity contribution in [1.82, 2.24) is 10.2 Å². The minimum Gasteiger partial charge on any atom is -0.489 e. The minimum atomic E-state index is 0.0590. The number of hydrogen-bond donors (Lipinski definition) is 1. The quantitative estimate of drug-likeness (QED) is 0.798. The van der Waals surface area contributed by atoms with Crippen LogP contribution in [0.15, 0.2) is 47.3 Å². The molecule has 1 fully saturated rings. The first-order valence-corrected chi connectivity index (χ1v) is 9.84. The minimum absolute atomic E-state index is 0.0590. The van der Waals surface area contributed by atoms with Crippen molar-refractivity contribution in [3.05, 3.63) is 54.0 Å². The molecule has 0 spiro atoms. The lowest BCUT2D eigenvalue weighted by Gasteiger charge is -2.32. The molecule has 1 aromatic heterocycles. The van der Waals surface area contributed by atoms with E-state index in [1.807, 2.05) is 17.0 Å². The Morgan fingerprint density at radius 2 is 1.89 bits per heavy atom. The van der Waals surface area contributed by atoms with Gasteiger partial charge in [-0.05, 0) is 49.4 Å². The number of carbonyl (C=O) groups is 1. The van der Waals surface area contributed by atoms with Crippen LogP contribution in [0.3, 0.4) is 0 Å². The zero-order valence-electron chi connectivity index (χ0n) is 16.5. The summed E-state index contributed by atoms with van der Waals surface area (Å²) in [6.45, 7) is 8.81. The van der Waals surface area contributed by atoms with Gasteiger partial charge in [0.05, 0.1) is 11.8 Å². The van der Waals surface area contributed by atoms with Crippen molar-refractivity contribution in [3.8, 4) is 5.75 Å². The number of nitrogens with one attached hydrogen (secondary N) is 1. The number of nitrogens with zero attached hydrogens (tertiary/aromatic N) is 1. The lowest BCUT2D eigenvalue weighted by molar-refractivity contribution is 0.0700. The summed E-state index contributed by atoms with van der Waals surface area (Å²) >= 11 is 0. The van der Waals surface area contributed by atoms with Crippen molar-refractivity contribution in [1.29, 1.82) is 0 Å². The number of likely N-dealkylation sites (tertiary alicyclic amines) is 1. The lowest BCUT2D eigenvalue weighted by atomic mass is 10.0. The number of ether oxygens (including phenoxy) is 1.